The van der Waals surface area contributed by atoms with Crippen LogP contribution in [0.25, 0.3) is 0 Å². The van der Waals surface area contributed by atoms with Crippen molar-refractivity contribution in [3.8, 4) is 0 Å². The molecule has 1 atom stereocenters. The average molecular weight is 304 g/mol. The molecule has 21 heavy (non-hydrogen) atoms. The lowest BCUT2D eigenvalue weighted by atomic mass is 9.99. The zero-order valence-electron chi connectivity index (χ0n) is 11.1. The summed E-state index contributed by atoms with van der Waals surface area (Å²) in [5.41, 5.74) is 1.10. The van der Waals surface area contributed by atoms with Gasteiger partial charge in [-0.2, -0.15) is 0 Å². The maximum atomic E-state index is 11.9. The van der Waals surface area contributed by atoms with E-state index in [1.165, 1.54) is 0 Å². The molecule has 2 aromatic rings. The first-order valence-electron chi connectivity index (χ1n) is 6.39. The van der Waals surface area contributed by atoms with E-state index in [0.29, 0.717) is 16.1 Å². The Morgan fingerprint density at radius 2 is 1.67 bits per heavy atom. The van der Waals surface area contributed by atoms with E-state index in [-0.39, 0.29) is 12.5 Å². The Balaban J connectivity index is 2.06. The van der Waals surface area contributed by atoms with E-state index in [1.54, 1.807) is 48.5 Å². The molecule has 0 aromatic heterocycles. The van der Waals surface area contributed by atoms with Crippen molar-refractivity contribution in [3.05, 3.63) is 70.7 Å². The molecule has 2 aromatic carbocycles. The van der Waals surface area contributed by atoms with E-state index >= 15 is 0 Å². The highest BCUT2D eigenvalue weighted by Gasteiger charge is 2.20. The lowest BCUT2D eigenvalue weighted by molar-refractivity contribution is -0.138. The second kappa shape index (κ2) is 6.90. The van der Waals surface area contributed by atoms with Crippen LogP contribution in [0.15, 0.2) is 54.6 Å². The van der Waals surface area contributed by atoms with E-state index in [0.717, 1.165) is 0 Å². The molecular formula is C16H14ClNO3. The van der Waals surface area contributed by atoms with E-state index in [1.807, 2.05) is 6.07 Å². The van der Waals surface area contributed by atoms with Crippen LogP contribution < -0.4 is 5.32 Å². The Bertz CT molecular complexity index is 626. The van der Waals surface area contributed by atoms with E-state index in [9.17, 15) is 14.7 Å². The van der Waals surface area contributed by atoms with E-state index in [2.05, 4.69) is 5.32 Å². The highest BCUT2D eigenvalue weighted by atomic mass is 35.5. The summed E-state index contributed by atoms with van der Waals surface area (Å²) in [6.07, 6.45) is 0. The van der Waals surface area contributed by atoms with Gasteiger partial charge in [0.15, 0.2) is 0 Å². The van der Waals surface area contributed by atoms with Gasteiger partial charge in [-0.05, 0) is 29.8 Å². The second-order valence-electron chi connectivity index (χ2n) is 4.52. The Morgan fingerprint density at radius 3 is 2.24 bits per heavy atom. The van der Waals surface area contributed by atoms with Gasteiger partial charge in [0, 0.05) is 17.1 Å². The summed E-state index contributed by atoms with van der Waals surface area (Å²) in [6, 6.07) is 15.2. The first-order chi connectivity index (χ1) is 10.1. The van der Waals surface area contributed by atoms with E-state index in [4.69, 9.17) is 11.6 Å². The van der Waals surface area contributed by atoms with Crippen LogP contribution in [0, 0.1) is 0 Å². The Labute approximate surface area is 127 Å². The number of hydrogen-bond acceptors (Lipinski definition) is 2. The smallest absolute Gasteiger partial charge is 0.312 e. The lowest BCUT2D eigenvalue weighted by Gasteiger charge is -2.14. The molecule has 2 rings (SSSR count). The molecule has 1 amide bonds. The van der Waals surface area contributed by atoms with Crippen LogP contribution in [0.2, 0.25) is 5.02 Å². The first-order valence-corrected chi connectivity index (χ1v) is 6.77. The maximum absolute atomic E-state index is 11.9. The fourth-order valence-electron chi connectivity index (χ4n) is 1.93. The number of carbonyl (C=O) groups is 2. The highest BCUT2D eigenvalue weighted by Crippen LogP contribution is 2.18. The molecule has 0 heterocycles. The van der Waals surface area contributed by atoms with Gasteiger partial charge < -0.3 is 10.4 Å². The van der Waals surface area contributed by atoms with Gasteiger partial charge in [0.2, 0.25) is 0 Å². The van der Waals surface area contributed by atoms with Crippen molar-refractivity contribution in [2.24, 2.45) is 0 Å². The highest BCUT2D eigenvalue weighted by molar-refractivity contribution is 6.30. The number of rotatable bonds is 5. The van der Waals surface area contributed by atoms with Gasteiger partial charge in [0.1, 0.15) is 0 Å². The van der Waals surface area contributed by atoms with Gasteiger partial charge in [-0.1, -0.05) is 41.9 Å². The quantitative estimate of drug-likeness (QED) is 0.892. The Kier molecular flexibility index (Phi) is 4.95. The molecule has 0 aliphatic rings. The Morgan fingerprint density at radius 1 is 1.05 bits per heavy atom. The molecule has 0 bridgehead atoms. The van der Waals surface area contributed by atoms with Crippen LogP contribution in [-0.2, 0) is 4.79 Å². The predicted molar refractivity (Wildman–Crippen MR) is 80.6 cm³/mol. The number of carboxylic acids is 1. The van der Waals surface area contributed by atoms with Crippen LogP contribution in [0.3, 0.4) is 0 Å². The maximum Gasteiger partial charge on any atom is 0.312 e. The van der Waals surface area contributed by atoms with Gasteiger partial charge in [0.05, 0.1) is 5.92 Å². The Hall–Kier alpha value is -2.33. The van der Waals surface area contributed by atoms with Crippen molar-refractivity contribution >= 4 is 23.5 Å². The summed E-state index contributed by atoms with van der Waals surface area (Å²) in [5.74, 6) is -2.10. The third kappa shape index (κ3) is 4.07. The minimum absolute atomic E-state index is 0.0185. The molecule has 0 aliphatic carbocycles. The summed E-state index contributed by atoms with van der Waals surface area (Å²) in [6.45, 7) is 0.0185. The molecule has 0 saturated heterocycles. The predicted octanol–water partition coefficient (Wildman–Crippen LogP) is 2.94. The van der Waals surface area contributed by atoms with Gasteiger partial charge in [-0.25, -0.2) is 0 Å². The molecular weight excluding hydrogens is 290 g/mol. The summed E-state index contributed by atoms with van der Waals surface area (Å²) < 4.78 is 0. The zero-order valence-corrected chi connectivity index (χ0v) is 11.9. The molecule has 5 heteroatoms. The van der Waals surface area contributed by atoms with Crippen LogP contribution in [0.1, 0.15) is 21.8 Å². The number of halogens is 1. The van der Waals surface area contributed by atoms with Gasteiger partial charge in [0.25, 0.3) is 5.91 Å². The van der Waals surface area contributed by atoms with Crippen molar-refractivity contribution < 1.29 is 14.7 Å². The van der Waals surface area contributed by atoms with Gasteiger partial charge >= 0.3 is 5.97 Å². The molecule has 108 valence electrons. The number of nitrogens with one attached hydrogen (secondary N) is 1. The van der Waals surface area contributed by atoms with Crippen LogP contribution in [0.5, 0.6) is 0 Å². The third-order valence-electron chi connectivity index (χ3n) is 3.07. The van der Waals surface area contributed by atoms with Crippen molar-refractivity contribution in [3.63, 3.8) is 0 Å². The third-order valence-corrected chi connectivity index (χ3v) is 3.33. The molecule has 0 fully saturated rings. The molecule has 0 aliphatic heterocycles. The topological polar surface area (TPSA) is 66.4 Å². The molecule has 1 unspecified atom stereocenters. The number of carboxylic acid groups (broad SMARTS) is 1. The fraction of sp³-hybridized carbons (Fsp3) is 0.125. The van der Waals surface area contributed by atoms with Crippen LogP contribution in [0.4, 0.5) is 0 Å². The lowest BCUT2D eigenvalue weighted by Crippen LogP contribution is -2.31. The number of carbonyl (C=O) groups excluding carboxylic acids is 1. The molecule has 4 nitrogen and oxygen atoms in total. The number of amides is 1. The van der Waals surface area contributed by atoms with Crippen LogP contribution >= 0.6 is 11.6 Å². The van der Waals surface area contributed by atoms with Crippen molar-refractivity contribution in [1.29, 1.82) is 0 Å². The number of aliphatic carboxylic acids is 1. The standard InChI is InChI=1S/C16H14ClNO3/c17-13-8-6-11(7-9-13)14(16(20)21)10-18-15(19)12-4-2-1-3-5-12/h1-9,14H,10H2,(H,18,19)(H,20,21). The minimum Gasteiger partial charge on any atom is -0.481 e. The summed E-state index contributed by atoms with van der Waals surface area (Å²) in [4.78, 5) is 23.3. The zero-order chi connectivity index (χ0) is 15.2. The largest absolute Gasteiger partial charge is 0.481 e. The van der Waals surface area contributed by atoms with Crippen molar-refractivity contribution in [2.75, 3.05) is 6.54 Å². The molecule has 0 saturated carbocycles. The summed E-state index contributed by atoms with van der Waals surface area (Å²) in [7, 11) is 0. The summed E-state index contributed by atoms with van der Waals surface area (Å²) in [5, 5.41) is 12.5. The molecule has 0 radical (unpaired) electrons. The molecule has 2 N–H and O–H groups in total. The minimum atomic E-state index is -0.995. The van der Waals surface area contributed by atoms with Crippen molar-refractivity contribution in [2.45, 2.75) is 5.92 Å². The van der Waals surface area contributed by atoms with Gasteiger partial charge in [-0.15, -0.1) is 0 Å². The van der Waals surface area contributed by atoms with Crippen molar-refractivity contribution in [1.82, 2.24) is 5.32 Å². The first kappa shape index (κ1) is 15.1. The SMILES string of the molecule is O=C(NCC(C(=O)O)c1ccc(Cl)cc1)c1ccccc1. The van der Waals surface area contributed by atoms with E-state index < -0.39 is 11.9 Å². The van der Waals surface area contributed by atoms with Gasteiger partial charge in [-0.3, -0.25) is 9.59 Å². The monoisotopic (exact) mass is 303 g/mol. The second-order valence-corrected chi connectivity index (χ2v) is 4.95. The summed E-state index contributed by atoms with van der Waals surface area (Å²) >= 11 is 5.79. The molecule has 0 spiro atoms. The van der Waals surface area contributed by atoms with Crippen LogP contribution in [-0.4, -0.2) is 23.5 Å². The number of benzene rings is 2. The fourth-order valence-corrected chi connectivity index (χ4v) is 2.06. The average Bonchev–Trinajstić information content (AvgIpc) is 2.49. The number of hydrogen-bond donors (Lipinski definition) is 2. The normalized spacial score (nSPS) is 11.7.